The predicted molar refractivity (Wildman–Crippen MR) is 128 cm³/mol. The van der Waals surface area contributed by atoms with Gasteiger partial charge in [-0.25, -0.2) is 9.97 Å². The summed E-state index contributed by atoms with van der Waals surface area (Å²) in [5.74, 6) is -0.889. The Balaban J connectivity index is 1.84. The molecule has 0 unspecified atom stereocenters. The first-order valence-corrected chi connectivity index (χ1v) is 11.6. The number of hydrogen-bond donors (Lipinski definition) is 2. The normalized spacial score (nSPS) is 12.0. The Morgan fingerprint density at radius 1 is 1.05 bits per heavy atom. The maximum absolute atomic E-state index is 13.8. The molecule has 8 nitrogen and oxygen atoms in total. The number of H-pyrrole nitrogens is 1. The number of pyridine rings is 1. The van der Waals surface area contributed by atoms with E-state index in [0.717, 1.165) is 12.1 Å². The molecule has 210 valence electrons. The summed E-state index contributed by atoms with van der Waals surface area (Å²) in [5.41, 5.74) is -1.48. The highest BCUT2D eigenvalue weighted by Crippen LogP contribution is 2.36. The first kappa shape index (κ1) is 29.6. The zero-order valence-corrected chi connectivity index (χ0v) is 20.7. The van der Waals surface area contributed by atoms with Gasteiger partial charge in [0.05, 0.1) is 17.9 Å². The number of nitrogens with one attached hydrogen (secondary N) is 2. The molecule has 0 saturated carbocycles. The molecule has 0 bridgehead atoms. The van der Waals surface area contributed by atoms with Crippen LogP contribution in [0.2, 0.25) is 0 Å². The van der Waals surface area contributed by atoms with Crippen LogP contribution in [0.1, 0.15) is 25.0 Å². The van der Waals surface area contributed by atoms with Crippen LogP contribution < -0.4 is 15.6 Å². The highest BCUT2D eigenvalue weighted by atomic mass is 19.4. The Hall–Kier alpha value is -3.94. The number of benzene rings is 1. The second kappa shape index (κ2) is 12.3. The Morgan fingerprint density at radius 3 is 2.41 bits per heavy atom. The standard InChI is InChI=1S/C25H24F6N4O4/c1-14(2)23(37)33-11-15-3-5-18(25(29,30)31)17(9-15)22-34-19(10-20(36)35-22)16-4-6-21(32-12-16)39-8-7-38-13-24(26,27)28/h3-6,9-10,12,14H,7-8,11,13H2,1-2H3,(H,33,37)(H,34,35,36). The minimum absolute atomic E-state index is 0.0212. The van der Waals surface area contributed by atoms with E-state index in [2.05, 4.69) is 25.0 Å². The smallest absolute Gasteiger partial charge is 0.417 e. The zero-order chi connectivity index (χ0) is 28.8. The van der Waals surface area contributed by atoms with Gasteiger partial charge in [0.15, 0.2) is 0 Å². The van der Waals surface area contributed by atoms with E-state index in [0.29, 0.717) is 5.56 Å². The van der Waals surface area contributed by atoms with Crippen LogP contribution in [0.5, 0.6) is 5.88 Å². The van der Waals surface area contributed by atoms with Crippen LogP contribution in [-0.4, -0.2) is 46.9 Å². The van der Waals surface area contributed by atoms with Crippen molar-refractivity contribution in [1.29, 1.82) is 0 Å². The molecular formula is C25H24F6N4O4. The van der Waals surface area contributed by atoms with Gasteiger partial charge in [0.2, 0.25) is 11.8 Å². The molecule has 14 heteroatoms. The molecule has 39 heavy (non-hydrogen) atoms. The van der Waals surface area contributed by atoms with Gasteiger partial charge in [-0.2, -0.15) is 26.3 Å². The molecular weight excluding hydrogens is 534 g/mol. The van der Waals surface area contributed by atoms with Gasteiger partial charge >= 0.3 is 12.4 Å². The lowest BCUT2D eigenvalue weighted by Gasteiger charge is -2.15. The van der Waals surface area contributed by atoms with Crippen LogP contribution in [0.4, 0.5) is 26.3 Å². The van der Waals surface area contributed by atoms with E-state index in [9.17, 15) is 35.9 Å². The summed E-state index contributed by atoms with van der Waals surface area (Å²) >= 11 is 0. The van der Waals surface area contributed by atoms with Crippen molar-refractivity contribution in [2.24, 2.45) is 5.92 Å². The Bertz CT molecular complexity index is 1340. The lowest BCUT2D eigenvalue weighted by atomic mass is 10.0. The number of ether oxygens (including phenoxy) is 2. The van der Waals surface area contributed by atoms with Crippen molar-refractivity contribution in [3.05, 3.63) is 64.1 Å². The van der Waals surface area contributed by atoms with Crippen LogP contribution in [0.15, 0.2) is 47.4 Å². The summed E-state index contributed by atoms with van der Waals surface area (Å²) in [6.07, 6.45) is -7.96. The number of hydrogen-bond acceptors (Lipinski definition) is 6. The minimum Gasteiger partial charge on any atom is -0.475 e. The van der Waals surface area contributed by atoms with Gasteiger partial charge in [0.25, 0.3) is 5.56 Å². The predicted octanol–water partition coefficient (Wildman–Crippen LogP) is 4.75. The summed E-state index contributed by atoms with van der Waals surface area (Å²) in [5, 5.41) is 2.63. The number of aromatic nitrogens is 3. The highest BCUT2D eigenvalue weighted by Gasteiger charge is 2.34. The molecule has 3 rings (SSSR count). The molecule has 0 radical (unpaired) electrons. The SMILES string of the molecule is CC(C)C(=O)NCc1ccc(C(F)(F)F)c(-c2nc(-c3ccc(OCCOCC(F)(F)F)nc3)cc(=O)[nH]2)c1. The summed E-state index contributed by atoms with van der Waals surface area (Å²) in [6.45, 7) is 1.37. The van der Waals surface area contributed by atoms with Gasteiger partial charge < -0.3 is 19.8 Å². The monoisotopic (exact) mass is 558 g/mol. The summed E-state index contributed by atoms with van der Waals surface area (Å²) < 4.78 is 87.3. The van der Waals surface area contributed by atoms with E-state index < -0.39 is 30.1 Å². The molecule has 0 aliphatic carbocycles. The first-order valence-electron chi connectivity index (χ1n) is 11.6. The summed E-state index contributed by atoms with van der Waals surface area (Å²) in [4.78, 5) is 34.8. The Labute approximate surface area is 218 Å². The molecule has 2 aromatic heterocycles. The molecule has 0 aliphatic heterocycles. The topological polar surface area (TPSA) is 106 Å². The van der Waals surface area contributed by atoms with Crippen molar-refractivity contribution < 1.29 is 40.6 Å². The number of alkyl halides is 6. The maximum atomic E-state index is 13.8. The largest absolute Gasteiger partial charge is 0.475 e. The van der Waals surface area contributed by atoms with E-state index in [-0.39, 0.29) is 60.1 Å². The van der Waals surface area contributed by atoms with Gasteiger partial charge in [0.1, 0.15) is 19.0 Å². The van der Waals surface area contributed by atoms with Crippen LogP contribution in [0.3, 0.4) is 0 Å². The molecule has 0 saturated heterocycles. The summed E-state index contributed by atoms with van der Waals surface area (Å²) in [7, 11) is 0. The molecule has 0 aliphatic rings. The second-order valence-corrected chi connectivity index (χ2v) is 8.63. The van der Waals surface area contributed by atoms with Crippen molar-refractivity contribution in [1.82, 2.24) is 20.3 Å². The van der Waals surface area contributed by atoms with Crippen molar-refractivity contribution in [2.45, 2.75) is 32.7 Å². The van der Waals surface area contributed by atoms with E-state index in [1.54, 1.807) is 13.8 Å². The van der Waals surface area contributed by atoms with E-state index >= 15 is 0 Å². The Morgan fingerprint density at radius 2 is 1.79 bits per heavy atom. The van der Waals surface area contributed by atoms with Gasteiger partial charge in [-0.3, -0.25) is 9.59 Å². The van der Waals surface area contributed by atoms with Crippen molar-refractivity contribution in [2.75, 3.05) is 19.8 Å². The average molecular weight is 558 g/mol. The third-order valence-corrected chi connectivity index (χ3v) is 5.15. The van der Waals surface area contributed by atoms with Crippen LogP contribution in [0.25, 0.3) is 22.6 Å². The first-order chi connectivity index (χ1) is 18.2. The van der Waals surface area contributed by atoms with Crippen molar-refractivity contribution in [3.63, 3.8) is 0 Å². The lowest BCUT2D eigenvalue weighted by molar-refractivity contribution is -0.175. The fraction of sp³-hybridized carbons (Fsp3) is 0.360. The molecule has 2 N–H and O–H groups in total. The molecule has 2 heterocycles. The molecule has 3 aromatic rings. The molecule has 1 aromatic carbocycles. The number of rotatable bonds is 10. The van der Waals surface area contributed by atoms with Gasteiger partial charge in [-0.15, -0.1) is 0 Å². The number of amides is 1. The lowest BCUT2D eigenvalue weighted by Crippen LogP contribution is -2.27. The Kier molecular flexibility index (Phi) is 9.32. The second-order valence-electron chi connectivity index (χ2n) is 8.63. The molecule has 0 atom stereocenters. The van der Waals surface area contributed by atoms with E-state index in [4.69, 9.17) is 4.74 Å². The molecule has 0 fully saturated rings. The number of carbonyl (C=O) groups excluding carboxylic acids is 1. The van der Waals surface area contributed by atoms with Crippen molar-refractivity contribution >= 4 is 5.91 Å². The van der Waals surface area contributed by atoms with Crippen LogP contribution in [0, 0.1) is 5.92 Å². The fourth-order valence-corrected chi connectivity index (χ4v) is 3.28. The third-order valence-electron chi connectivity index (χ3n) is 5.15. The van der Waals surface area contributed by atoms with E-state index in [1.165, 1.54) is 30.5 Å². The number of aromatic amines is 1. The number of halogens is 6. The molecule has 0 spiro atoms. The van der Waals surface area contributed by atoms with Crippen molar-refractivity contribution in [3.8, 4) is 28.5 Å². The third kappa shape index (κ3) is 8.80. The minimum atomic E-state index is -4.76. The molecule has 1 amide bonds. The van der Waals surface area contributed by atoms with Gasteiger partial charge in [-0.1, -0.05) is 19.9 Å². The van der Waals surface area contributed by atoms with Gasteiger partial charge in [-0.05, 0) is 23.8 Å². The maximum Gasteiger partial charge on any atom is 0.417 e. The number of nitrogens with zero attached hydrogens (tertiary/aromatic N) is 2. The van der Waals surface area contributed by atoms with Crippen LogP contribution >= 0.6 is 0 Å². The average Bonchev–Trinajstić information content (AvgIpc) is 2.85. The van der Waals surface area contributed by atoms with Crippen LogP contribution in [-0.2, 0) is 22.3 Å². The zero-order valence-electron chi connectivity index (χ0n) is 20.7. The quantitative estimate of drug-likeness (QED) is 0.275. The number of carbonyl (C=O) groups is 1. The fourth-order valence-electron chi connectivity index (χ4n) is 3.28. The summed E-state index contributed by atoms with van der Waals surface area (Å²) in [6, 6.07) is 7.15. The van der Waals surface area contributed by atoms with E-state index in [1.807, 2.05) is 0 Å². The highest BCUT2D eigenvalue weighted by molar-refractivity contribution is 5.78. The van der Waals surface area contributed by atoms with Gasteiger partial charge in [0, 0.05) is 41.9 Å².